The second kappa shape index (κ2) is 15.4. The van der Waals surface area contributed by atoms with Crippen molar-refractivity contribution in [3.8, 4) is 0 Å². The van der Waals surface area contributed by atoms with Gasteiger partial charge < -0.3 is 10.2 Å². The molecule has 0 unspecified atom stereocenters. The van der Waals surface area contributed by atoms with E-state index in [0.717, 1.165) is 37.5 Å². The maximum Gasteiger partial charge on any atom is 0.264 e. The summed E-state index contributed by atoms with van der Waals surface area (Å²) in [6.45, 7) is 7.33. The van der Waals surface area contributed by atoms with Crippen molar-refractivity contribution in [2.24, 2.45) is 0 Å². The van der Waals surface area contributed by atoms with E-state index < -0.39 is 28.5 Å². The highest BCUT2D eigenvalue weighted by molar-refractivity contribution is 9.10. The highest BCUT2D eigenvalue weighted by Gasteiger charge is 2.35. The number of sulfonamides is 1. The van der Waals surface area contributed by atoms with Crippen molar-refractivity contribution in [3.05, 3.63) is 130 Å². The minimum atomic E-state index is -4.14. The summed E-state index contributed by atoms with van der Waals surface area (Å²) in [7, 11) is -4.14. The highest BCUT2D eigenvalue weighted by Crippen LogP contribution is 2.26. The SMILES string of the molecule is CC[C@H](C)NC(=O)[C@@H](Cc1ccccc1)N(Cc1ccc(Br)cc1)C(=O)CN(c1ccc(C)cc1)S(=O)(=O)c1ccc(C)cc1. The minimum absolute atomic E-state index is 0.0799. The van der Waals surface area contributed by atoms with E-state index in [4.69, 9.17) is 0 Å². The van der Waals surface area contributed by atoms with Gasteiger partial charge in [0.25, 0.3) is 10.0 Å². The monoisotopic (exact) mass is 689 g/mol. The van der Waals surface area contributed by atoms with Gasteiger partial charge in [-0.05, 0) is 74.7 Å². The molecule has 0 aromatic heterocycles. The molecule has 0 fully saturated rings. The van der Waals surface area contributed by atoms with Crippen molar-refractivity contribution in [1.29, 1.82) is 0 Å². The van der Waals surface area contributed by atoms with Crippen LogP contribution in [0.4, 0.5) is 5.69 Å². The number of amides is 2. The Hall–Kier alpha value is -3.95. The molecule has 1 N–H and O–H groups in total. The molecule has 45 heavy (non-hydrogen) atoms. The zero-order valence-electron chi connectivity index (χ0n) is 26.1. The molecular weight excluding hydrogens is 650 g/mol. The van der Waals surface area contributed by atoms with Crippen LogP contribution in [0.25, 0.3) is 0 Å². The Morgan fingerprint density at radius 2 is 1.38 bits per heavy atom. The normalized spacial score (nSPS) is 12.6. The summed E-state index contributed by atoms with van der Waals surface area (Å²) in [5.74, 6) is -0.781. The van der Waals surface area contributed by atoms with Crippen LogP contribution in [0.15, 0.2) is 112 Å². The molecule has 4 aromatic rings. The van der Waals surface area contributed by atoms with Crippen molar-refractivity contribution in [3.63, 3.8) is 0 Å². The molecule has 2 amide bonds. The number of halogens is 1. The number of nitrogens with one attached hydrogen (secondary N) is 1. The molecule has 0 radical (unpaired) electrons. The molecule has 0 aliphatic carbocycles. The van der Waals surface area contributed by atoms with Gasteiger partial charge in [-0.1, -0.05) is 101 Å². The fraction of sp³-hybridized carbons (Fsp3) is 0.278. The predicted molar refractivity (Wildman–Crippen MR) is 183 cm³/mol. The van der Waals surface area contributed by atoms with E-state index in [0.29, 0.717) is 5.69 Å². The van der Waals surface area contributed by atoms with Crippen molar-refractivity contribution >= 4 is 43.5 Å². The number of anilines is 1. The van der Waals surface area contributed by atoms with Crippen LogP contribution in [0, 0.1) is 13.8 Å². The molecule has 0 aliphatic heterocycles. The Morgan fingerprint density at radius 3 is 1.96 bits per heavy atom. The summed E-state index contributed by atoms with van der Waals surface area (Å²) in [5.41, 5.74) is 3.94. The maximum absolute atomic E-state index is 14.5. The number of carbonyl (C=O) groups excluding carboxylic acids is 2. The summed E-state index contributed by atoms with van der Waals surface area (Å²) >= 11 is 3.47. The summed E-state index contributed by atoms with van der Waals surface area (Å²) in [4.78, 5) is 30.0. The number of aryl methyl sites for hydroxylation is 2. The van der Waals surface area contributed by atoms with E-state index in [1.54, 1.807) is 36.4 Å². The number of nitrogens with zero attached hydrogens (tertiary/aromatic N) is 2. The third-order valence-corrected chi connectivity index (χ3v) is 10.1. The smallest absolute Gasteiger partial charge is 0.264 e. The average Bonchev–Trinajstić information content (AvgIpc) is 3.03. The number of benzene rings is 4. The summed E-state index contributed by atoms with van der Waals surface area (Å²) in [6.07, 6.45) is 0.987. The molecule has 4 aromatic carbocycles. The lowest BCUT2D eigenvalue weighted by molar-refractivity contribution is -0.140. The first kappa shape index (κ1) is 33.9. The van der Waals surface area contributed by atoms with Gasteiger partial charge in [-0.15, -0.1) is 0 Å². The van der Waals surface area contributed by atoms with Gasteiger partial charge in [-0.3, -0.25) is 13.9 Å². The molecule has 0 bridgehead atoms. The van der Waals surface area contributed by atoms with Crippen LogP contribution < -0.4 is 9.62 Å². The number of rotatable bonds is 13. The first-order valence-corrected chi connectivity index (χ1v) is 17.3. The minimum Gasteiger partial charge on any atom is -0.352 e. The molecule has 0 saturated carbocycles. The first-order valence-electron chi connectivity index (χ1n) is 15.0. The lowest BCUT2D eigenvalue weighted by Crippen LogP contribution is -2.54. The van der Waals surface area contributed by atoms with Gasteiger partial charge in [0.1, 0.15) is 12.6 Å². The molecule has 2 atom stereocenters. The van der Waals surface area contributed by atoms with Crippen molar-refractivity contribution in [1.82, 2.24) is 10.2 Å². The zero-order valence-corrected chi connectivity index (χ0v) is 28.5. The van der Waals surface area contributed by atoms with E-state index in [2.05, 4.69) is 21.2 Å². The van der Waals surface area contributed by atoms with Crippen molar-refractivity contribution in [2.75, 3.05) is 10.8 Å². The molecule has 9 heteroatoms. The van der Waals surface area contributed by atoms with Gasteiger partial charge in [-0.25, -0.2) is 8.42 Å². The molecule has 4 rings (SSSR count). The maximum atomic E-state index is 14.5. The van der Waals surface area contributed by atoms with Crippen molar-refractivity contribution in [2.45, 2.75) is 64.1 Å². The summed E-state index contributed by atoms with van der Waals surface area (Å²) in [5, 5.41) is 3.06. The van der Waals surface area contributed by atoms with Gasteiger partial charge in [-0.2, -0.15) is 0 Å². The lowest BCUT2D eigenvalue weighted by atomic mass is 10.0. The molecule has 0 saturated heterocycles. The van der Waals surface area contributed by atoms with Gasteiger partial charge in [0.2, 0.25) is 11.8 Å². The topological polar surface area (TPSA) is 86.8 Å². The van der Waals surface area contributed by atoms with E-state index in [-0.39, 0.29) is 29.8 Å². The molecule has 236 valence electrons. The molecule has 0 aliphatic rings. The number of carbonyl (C=O) groups is 2. The Bertz CT molecular complexity index is 1680. The van der Waals surface area contributed by atoms with E-state index in [9.17, 15) is 18.0 Å². The van der Waals surface area contributed by atoms with Crippen LogP contribution in [-0.4, -0.2) is 43.8 Å². The average molecular weight is 691 g/mol. The number of hydrogen-bond acceptors (Lipinski definition) is 4. The van der Waals surface area contributed by atoms with Gasteiger partial charge in [0, 0.05) is 23.5 Å². The third kappa shape index (κ3) is 9.05. The van der Waals surface area contributed by atoms with Crippen LogP contribution >= 0.6 is 15.9 Å². The molecule has 0 heterocycles. The predicted octanol–water partition coefficient (Wildman–Crippen LogP) is 6.82. The fourth-order valence-corrected chi connectivity index (χ4v) is 6.54. The van der Waals surface area contributed by atoms with Gasteiger partial charge in [0.15, 0.2) is 0 Å². The van der Waals surface area contributed by atoms with Crippen LogP contribution in [0.2, 0.25) is 0 Å². The molecular formula is C36H40BrN3O4S. The fourth-order valence-electron chi connectivity index (χ4n) is 4.86. The standard InChI is InChI=1S/C36H40BrN3O4S/c1-5-28(4)38-36(42)34(23-29-9-7-6-8-10-29)39(24-30-15-17-31(37)18-16-30)35(41)25-40(32-19-11-26(2)12-20-32)45(43,44)33-21-13-27(3)14-22-33/h6-22,28,34H,5,23-25H2,1-4H3,(H,38,42)/t28-,34+/m0/s1. The Morgan fingerprint density at radius 1 is 0.800 bits per heavy atom. The van der Waals surface area contributed by atoms with E-state index in [1.807, 2.05) is 94.4 Å². The Kier molecular flexibility index (Phi) is 11.6. The van der Waals surface area contributed by atoms with Crippen molar-refractivity contribution < 1.29 is 18.0 Å². The van der Waals surface area contributed by atoms with Crippen LogP contribution in [0.1, 0.15) is 42.5 Å². The quantitative estimate of drug-likeness (QED) is 0.167. The Labute approximate surface area is 275 Å². The Balaban J connectivity index is 1.80. The number of hydrogen-bond donors (Lipinski definition) is 1. The van der Waals surface area contributed by atoms with E-state index >= 15 is 0 Å². The summed E-state index contributed by atoms with van der Waals surface area (Å²) < 4.78 is 30.3. The van der Waals surface area contributed by atoms with E-state index in [1.165, 1.54) is 4.90 Å². The van der Waals surface area contributed by atoms with Crippen LogP contribution in [-0.2, 0) is 32.6 Å². The second-order valence-corrected chi connectivity index (χ2v) is 14.1. The first-order chi connectivity index (χ1) is 21.5. The van der Waals surface area contributed by atoms with Gasteiger partial charge in [0.05, 0.1) is 10.6 Å². The molecule has 0 spiro atoms. The van der Waals surface area contributed by atoms with Crippen LogP contribution in [0.3, 0.4) is 0 Å². The molecule has 7 nitrogen and oxygen atoms in total. The van der Waals surface area contributed by atoms with Gasteiger partial charge >= 0.3 is 0 Å². The highest BCUT2D eigenvalue weighted by atomic mass is 79.9. The second-order valence-electron chi connectivity index (χ2n) is 11.3. The summed E-state index contributed by atoms with van der Waals surface area (Å²) in [6, 6.07) is 29.7. The lowest BCUT2D eigenvalue weighted by Gasteiger charge is -2.34. The zero-order chi connectivity index (χ0) is 32.6. The largest absolute Gasteiger partial charge is 0.352 e. The third-order valence-electron chi connectivity index (χ3n) is 7.75. The van der Waals surface area contributed by atoms with Crippen LogP contribution in [0.5, 0.6) is 0 Å².